The summed E-state index contributed by atoms with van der Waals surface area (Å²) in [5.41, 5.74) is 5.49. The van der Waals surface area contributed by atoms with E-state index in [9.17, 15) is 0 Å². The molecule has 14 heavy (non-hydrogen) atoms. The molecule has 1 aliphatic carbocycles. The molecule has 0 aliphatic heterocycles. The summed E-state index contributed by atoms with van der Waals surface area (Å²) < 4.78 is 5.18. The summed E-state index contributed by atoms with van der Waals surface area (Å²) in [6.45, 7) is 5.06. The molecule has 0 aromatic heterocycles. The minimum Gasteiger partial charge on any atom is -0.383 e. The van der Waals surface area contributed by atoms with Gasteiger partial charge in [0.2, 0.25) is 0 Å². The minimum absolute atomic E-state index is 0.497. The van der Waals surface area contributed by atoms with E-state index < -0.39 is 0 Å². The molecule has 1 fully saturated rings. The van der Waals surface area contributed by atoms with Crippen LogP contribution < -0.4 is 11.1 Å². The number of hydrogen-bond donors (Lipinski definition) is 2. The second-order valence-electron chi connectivity index (χ2n) is 4.46. The molecular formula is C11H24N2O. The van der Waals surface area contributed by atoms with Crippen molar-refractivity contribution < 1.29 is 4.74 Å². The third-order valence-electron chi connectivity index (χ3n) is 3.07. The Morgan fingerprint density at radius 3 is 2.79 bits per heavy atom. The van der Waals surface area contributed by atoms with E-state index in [0.29, 0.717) is 6.04 Å². The van der Waals surface area contributed by atoms with Crippen LogP contribution in [0, 0.1) is 11.8 Å². The first-order chi connectivity index (χ1) is 6.77. The first-order valence-corrected chi connectivity index (χ1v) is 5.70. The molecule has 3 heteroatoms. The highest BCUT2D eigenvalue weighted by atomic mass is 16.5. The number of rotatable bonds is 8. The van der Waals surface area contributed by atoms with Gasteiger partial charge in [0.1, 0.15) is 0 Å². The highest BCUT2D eigenvalue weighted by molar-refractivity contribution is 4.85. The largest absolute Gasteiger partial charge is 0.383 e. The van der Waals surface area contributed by atoms with Crippen LogP contribution in [0.2, 0.25) is 0 Å². The lowest BCUT2D eigenvalue weighted by Crippen LogP contribution is -2.35. The molecule has 0 aromatic carbocycles. The van der Waals surface area contributed by atoms with Crippen LogP contribution in [0.3, 0.4) is 0 Å². The highest BCUT2D eigenvalue weighted by Gasteiger charge is 2.32. The molecule has 3 atom stereocenters. The standard InChI is InChI=1S/C11H24N2O/c1-9-6-10(9)7-13-11(8-14-2)4-3-5-12/h9-11,13H,3-8,12H2,1-2H3. The Kier molecular flexibility index (Phi) is 5.45. The fraction of sp³-hybridized carbons (Fsp3) is 1.00. The summed E-state index contributed by atoms with van der Waals surface area (Å²) in [6.07, 6.45) is 3.61. The lowest BCUT2D eigenvalue weighted by Gasteiger charge is -2.17. The molecule has 1 rings (SSSR count). The Balaban J connectivity index is 2.07. The Morgan fingerprint density at radius 1 is 1.57 bits per heavy atom. The first kappa shape index (κ1) is 12.0. The van der Waals surface area contributed by atoms with E-state index in [1.165, 1.54) is 6.42 Å². The average Bonchev–Trinajstić information content (AvgIpc) is 2.87. The van der Waals surface area contributed by atoms with Crippen LogP contribution in [0.25, 0.3) is 0 Å². The van der Waals surface area contributed by atoms with Gasteiger partial charge in [0.25, 0.3) is 0 Å². The van der Waals surface area contributed by atoms with Gasteiger partial charge in [0.05, 0.1) is 6.61 Å². The number of methoxy groups -OCH3 is 1. The smallest absolute Gasteiger partial charge is 0.0615 e. The van der Waals surface area contributed by atoms with Gasteiger partial charge in [-0.2, -0.15) is 0 Å². The number of hydrogen-bond acceptors (Lipinski definition) is 3. The summed E-state index contributed by atoms with van der Waals surface area (Å²) in [7, 11) is 1.76. The molecule has 3 unspecified atom stereocenters. The van der Waals surface area contributed by atoms with Crippen molar-refractivity contribution in [2.24, 2.45) is 17.6 Å². The highest BCUT2D eigenvalue weighted by Crippen LogP contribution is 2.36. The van der Waals surface area contributed by atoms with Crippen molar-refractivity contribution in [2.45, 2.75) is 32.2 Å². The molecule has 3 nitrogen and oxygen atoms in total. The fourth-order valence-corrected chi connectivity index (χ4v) is 1.81. The van der Waals surface area contributed by atoms with E-state index >= 15 is 0 Å². The van der Waals surface area contributed by atoms with Crippen molar-refractivity contribution >= 4 is 0 Å². The van der Waals surface area contributed by atoms with Gasteiger partial charge in [-0.3, -0.25) is 0 Å². The van der Waals surface area contributed by atoms with Gasteiger partial charge in [-0.05, 0) is 44.2 Å². The van der Waals surface area contributed by atoms with E-state index in [1.807, 2.05) is 0 Å². The molecular weight excluding hydrogens is 176 g/mol. The van der Waals surface area contributed by atoms with Crippen molar-refractivity contribution in [1.82, 2.24) is 5.32 Å². The van der Waals surface area contributed by atoms with Gasteiger partial charge in [-0.1, -0.05) is 6.92 Å². The summed E-state index contributed by atoms with van der Waals surface area (Å²) >= 11 is 0. The number of nitrogens with one attached hydrogen (secondary N) is 1. The van der Waals surface area contributed by atoms with E-state index in [2.05, 4.69) is 12.2 Å². The molecule has 0 saturated heterocycles. The molecule has 1 aliphatic rings. The maximum atomic E-state index is 5.49. The SMILES string of the molecule is COCC(CCCN)NCC1CC1C. The van der Waals surface area contributed by atoms with Gasteiger partial charge in [0, 0.05) is 13.2 Å². The van der Waals surface area contributed by atoms with E-state index in [-0.39, 0.29) is 0 Å². The predicted octanol–water partition coefficient (Wildman–Crippen LogP) is 0.986. The summed E-state index contributed by atoms with van der Waals surface area (Å²) in [5, 5.41) is 3.57. The van der Waals surface area contributed by atoms with Crippen LogP contribution in [-0.2, 0) is 4.74 Å². The van der Waals surface area contributed by atoms with Gasteiger partial charge in [-0.15, -0.1) is 0 Å². The van der Waals surface area contributed by atoms with Crippen LogP contribution in [0.1, 0.15) is 26.2 Å². The molecule has 0 spiro atoms. The summed E-state index contributed by atoms with van der Waals surface area (Å²) in [4.78, 5) is 0. The molecule has 84 valence electrons. The Bertz CT molecular complexity index is 152. The molecule has 0 bridgehead atoms. The summed E-state index contributed by atoms with van der Waals surface area (Å²) in [5.74, 6) is 1.84. The van der Waals surface area contributed by atoms with E-state index in [1.54, 1.807) is 7.11 Å². The van der Waals surface area contributed by atoms with Crippen LogP contribution in [0.5, 0.6) is 0 Å². The molecule has 3 N–H and O–H groups in total. The van der Waals surface area contributed by atoms with Crippen LogP contribution in [-0.4, -0.2) is 32.8 Å². The van der Waals surface area contributed by atoms with Crippen molar-refractivity contribution in [3.63, 3.8) is 0 Å². The fourth-order valence-electron chi connectivity index (χ4n) is 1.81. The number of ether oxygens (including phenoxy) is 1. The molecule has 0 amide bonds. The second kappa shape index (κ2) is 6.38. The third-order valence-corrected chi connectivity index (χ3v) is 3.07. The second-order valence-corrected chi connectivity index (χ2v) is 4.46. The zero-order valence-electron chi connectivity index (χ0n) is 9.46. The van der Waals surface area contributed by atoms with Gasteiger partial charge >= 0.3 is 0 Å². The van der Waals surface area contributed by atoms with E-state index in [4.69, 9.17) is 10.5 Å². The Hall–Kier alpha value is -0.120. The van der Waals surface area contributed by atoms with Crippen LogP contribution >= 0.6 is 0 Å². The quantitative estimate of drug-likeness (QED) is 0.614. The van der Waals surface area contributed by atoms with Crippen molar-refractivity contribution in [3.05, 3.63) is 0 Å². The summed E-state index contributed by atoms with van der Waals surface area (Å²) in [6, 6.07) is 0.497. The lowest BCUT2D eigenvalue weighted by atomic mass is 10.1. The van der Waals surface area contributed by atoms with Crippen LogP contribution in [0.15, 0.2) is 0 Å². The zero-order valence-corrected chi connectivity index (χ0v) is 9.46. The predicted molar refractivity (Wildman–Crippen MR) is 59.2 cm³/mol. The molecule has 1 saturated carbocycles. The van der Waals surface area contributed by atoms with Gasteiger partial charge in [0.15, 0.2) is 0 Å². The topological polar surface area (TPSA) is 47.3 Å². The third kappa shape index (κ3) is 4.40. The normalized spacial score (nSPS) is 27.6. The monoisotopic (exact) mass is 200 g/mol. The van der Waals surface area contributed by atoms with Crippen LogP contribution in [0.4, 0.5) is 0 Å². The number of nitrogens with two attached hydrogens (primary N) is 1. The van der Waals surface area contributed by atoms with E-state index in [0.717, 1.165) is 44.4 Å². The zero-order chi connectivity index (χ0) is 10.4. The van der Waals surface area contributed by atoms with Gasteiger partial charge in [-0.25, -0.2) is 0 Å². The molecule has 0 heterocycles. The minimum atomic E-state index is 0.497. The van der Waals surface area contributed by atoms with Crippen molar-refractivity contribution in [2.75, 3.05) is 26.8 Å². The molecule has 0 radical (unpaired) electrons. The average molecular weight is 200 g/mol. The Labute approximate surface area is 87.4 Å². The first-order valence-electron chi connectivity index (χ1n) is 5.70. The lowest BCUT2D eigenvalue weighted by molar-refractivity contribution is 0.161. The van der Waals surface area contributed by atoms with Crippen molar-refractivity contribution in [3.8, 4) is 0 Å². The maximum Gasteiger partial charge on any atom is 0.0615 e. The molecule has 0 aromatic rings. The Morgan fingerprint density at radius 2 is 2.29 bits per heavy atom. The maximum absolute atomic E-state index is 5.49. The van der Waals surface area contributed by atoms with Crippen molar-refractivity contribution in [1.29, 1.82) is 0 Å². The van der Waals surface area contributed by atoms with Gasteiger partial charge < -0.3 is 15.8 Å².